The second-order valence-electron chi connectivity index (χ2n) is 8.71. The van der Waals surface area contributed by atoms with Crippen molar-refractivity contribution in [2.45, 2.75) is 63.2 Å². The van der Waals surface area contributed by atoms with Crippen molar-refractivity contribution in [2.24, 2.45) is 10.7 Å². The highest BCUT2D eigenvalue weighted by Gasteiger charge is 2.41. The zero-order valence-electron chi connectivity index (χ0n) is 20.4. The number of hydrogen-bond donors (Lipinski definition) is 1. The predicted molar refractivity (Wildman–Crippen MR) is 132 cm³/mol. The number of para-hydroxylation sites is 1. The van der Waals surface area contributed by atoms with E-state index in [-0.39, 0.29) is 18.4 Å². The lowest BCUT2D eigenvalue weighted by atomic mass is 10.1. The second kappa shape index (κ2) is 14.9. The molecule has 9 heteroatoms. The average molecular weight is 509 g/mol. The molecule has 2 aromatic carbocycles. The van der Waals surface area contributed by atoms with E-state index in [0.717, 1.165) is 31.2 Å². The molecular weight excluding hydrogens is 473 g/mol. The maximum atomic E-state index is 13.5. The number of hydrogen-bond acceptors (Lipinski definition) is 6. The van der Waals surface area contributed by atoms with Gasteiger partial charge in [-0.1, -0.05) is 61.4 Å². The lowest BCUT2D eigenvalue weighted by molar-refractivity contribution is -0.0905. The highest BCUT2D eigenvalue weighted by atomic mass is 19.4. The minimum Gasteiger partial charge on any atom is -0.472 e. The van der Waals surface area contributed by atoms with Crippen LogP contribution >= 0.6 is 0 Å². The summed E-state index contributed by atoms with van der Waals surface area (Å²) in [5, 5.41) is 0. The maximum Gasteiger partial charge on any atom is 0.468 e. The van der Waals surface area contributed by atoms with Gasteiger partial charge in [-0.05, 0) is 37.1 Å². The SMILES string of the molecule is NCCCCCCOCC1O[C@@H](COC(=Nc2ccccc2)C(F)(F)F)CC1OCc1ccccc1. The molecule has 3 atom stereocenters. The number of unbranched alkanes of at least 4 members (excludes halogenated alkanes) is 3. The van der Waals surface area contributed by atoms with Crippen LogP contribution < -0.4 is 5.73 Å². The van der Waals surface area contributed by atoms with Gasteiger partial charge in [-0.15, -0.1) is 0 Å². The Morgan fingerprint density at radius 2 is 1.64 bits per heavy atom. The smallest absolute Gasteiger partial charge is 0.468 e. The molecule has 1 aliphatic heterocycles. The first kappa shape index (κ1) is 28.1. The third-order valence-electron chi connectivity index (χ3n) is 5.74. The molecule has 0 amide bonds. The average Bonchev–Trinajstić information content (AvgIpc) is 3.27. The largest absolute Gasteiger partial charge is 0.472 e. The van der Waals surface area contributed by atoms with Crippen molar-refractivity contribution in [3.05, 3.63) is 66.2 Å². The number of alkyl halides is 3. The Bertz CT molecular complexity index is 897. The predicted octanol–water partition coefficient (Wildman–Crippen LogP) is 5.57. The number of rotatable bonds is 14. The fourth-order valence-electron chi connectivity index (χ4n) is 3.88. The van der Waals surface area contributed by atoms with Gasteiger partial charge < -0.3 is 24.7 Å². The summed E-state index contributed by atoms with van der Waals surface area (Å²) in [5.74, 6) is -1.30. The van der Waals surface area contributed by atoms with Gasteiger partial charge in [0.2, 0.25) is 0 Å². The minimum absolute atomic E-state index is 0.166. The van der Waals surface area contributed by atoms with E-state index in [0.29, 0.717) is 32.8 Å². The summed E-state index contributed by atoms with van der Waals surface area (Å²) in [6.45, 7) is 1.66. The van der Waals surface area contributed by atoms with Crippen molar-refractivity contribution in [3.63, 3.8) is 0 Å². The normalized spacial score (nSPS) is 20.6. The molecule has 1 heterocycles. The molecule has 0 saturated carbocycles. The van der Waals surface area contributed by atoms with Crippen LogP contribution in [0.25, 0.3) is 0 Å². The van der Waals surface area contributed by atoms with Gasteiger partial charge in [0.1, 0.15) is 12.7 Å². The lowest BCUT2D eigenvalue weighted by Crippen LogP contribution is -2.30. The van der Waals surface area contributed by atoms with Crippen molar-refractivity contribution >= 4 is 11.6 Å². The summed E-state index contributed by atoms with van der Waals surface area (Å²) < 4.78 is 63.6. The Morgan fingerprint density at radius 1 is 0.944 bits per heavy atom. The highest BCUT2D eigenvalue weighted by molar-refractivity contribution is 5.84. The monoisotopic (exact) mass is 508 g/mol. The first-order chi connectivity index (χ1) is 17.5. The molecule has 36 heavy (non-hydrogen) atoms. The Hall–Kier alpha value is -2.46. The standard InChI is InChI=1S/C27H35F3N2O4/c28-27(29,30)26(32-22-13-7-4-8-14-22)35-19-23-17-24(34-18-21-11-5-3-6-12-21)25(36-23)20-33-16-10-2-1-9-15-31/h3-8,11-14,23-25H,1-2,9-10,15-20,31H2/t23-,24?,25?/m1/s1. The first-order valence-electron chi connectivity index (χ1n) is 12.4. The van der Waals surface area contributed by atoms with Crippen LogP contribution in [0.2, 0.25) is 0 Å². The molecule has 0 bridgehead atoms. The molecule has 0 aliphatic carbocycles. The molecule has 2 unspecified atom stereocenters. The van der Waals surface area contributed by atoms with E-state index in [2.05, 4.69) is 4.99 Å². The molecule has 1 aliphatic rings. The fraction of sp³-hybridized carbons (Fsp3) is 0.519. The van der Waals surface area contributed by atoms with Crippen LogP contribution in [0.4, 0.5) is 18.9 Å². The third kappa shape index (κ3) is 9.89. The van der Waals surface area contributed by atoms with Crippen molar-refractivity contribution in [2.75, 3.05) is 26.4 Å². The fourth-order valence-corrected chi connectivity index (χ4v) is 3.88. The van der Waals surface area contributed by atoms with E-state index >= 15 is 0 Å². The topological polar surface area (TPSA) is 75.3 Å². The number of nitrogens with zero attached hydrogens (tertiary/aromatic N) is 1. The van der Waals surface area contributed by atoms with Gasteiger partial charge in [0, 0.05) is 13.0 Å². The molecule has 0 radical (unpaired) electrons. The van der Waals surface area contributed by atoms with Crippen molar-refractivity contribution in [1.29, 1.82) is 0 Å². The molecule has 0 spiro atoms. The summed E-state index contributed by atoms with van der Waals surface area (Å²) >= 11 is 0. The van der Waals surface area contributed by atoms with E-state index < -0.39 is 24.3 Å². The van der Waals surface area contributed by atoms with E-state index in [1.807, 2.05) is 30.3 Å². The molecule has 3 rings (SSSR count). The van der Waals surface area contributed by atoms with Gasteiger partial charge in [-0.3, -0.25) is 0 Å². The molecule has 1 fully saturated rings. The van der Waals surface area contributed by atoms with Crippen LogP contribution in [-0.2, 0) is 25.6 Å². The number of benzene rings is 2. The zero-order chi connectivity index (χ0) is 25.6. The van der Waals surface area contributed by atoms with Gasteiger partial charge in [-0.25, -0.2) is 4.99 Å². The lowest BCUT2D eigenvalue weighted by Gasteiger charge is -2.19. The van der Waals surface area contributed by atoms with E-state index in [1.165, 1.54) is 12.1 Å². The van der Waals surface area contributed by atoms with Gasteiger partial charge in [0.25, 0.3) is 5.90 Å². The van der Waals surface area contributed by atoms with Crippen LogP contribution in [-0.4, -0.2) is 56.8 Å². The third-order valence-corrected chi connectivity index (χ3v) is 5.74. The van der Waals surface area contributed by atoms with Crippen molar-refractivity contribution < 1.29 is 32.1 Å². The summed E-state index contributed by atoms with van der Waals surface area (Å²) in [6, 6.07) is 17.6. The van der Waals surface area contributed by atoms with Gasteiger partial charge in [-0.2, -0.15) is 13.2 Å². The van der Waals surface area contributed by atoms with Crippen LogP contribution in [0.5, 0.6) is 0 Å². The van der Waals surface area contributed by atoms with Gasteiger partial charge >= 0.3 is 6.18 Å². The molecule has 2 N–H and O–H groups in total. The molecule has 2 aromatic rings. The Kier molecular flexibility index (Phi) is 11.7. The zero-order valence-corrected chi connectivity index (χ0v) is 20.4. The highest BCUT2D eigenvalue weighted by Crippen LogP contribution is 2.27. The van der Waals surface area contributed by atoms with E-state index in [4.69, 9.17) is 24.7 Å². The summed E-state index contributed by atoms with van der Waals surface area (Å²) in [6.07, 6.45) is -1.61. The molecule has 1 saturated heterocycles. The van der Waals surface area contributed by atoms with Crippen LogP contribution in [0.3, 0.4) is 0 Å². The number of halogens is 3. The number of aliphatic imine (C=N–C) groups is 1. The van der Waals surface area contributed by atoms with E-state index in [1.54, 1.807) is 18.2 Å². The summed E-state index contributed by atoms with van der Waals surface area (Å²) in [7, 11) is 0. The van der Waals surface area contributed by atoms with Gasteiger partial charge in [0.15, 0.2) is 0 Å². The first-order valence-corrected chi connectivity index (χ1v) is 12.4. The maximum absolute atomic E-state index is 13.5. The number of ether oxygens (including phenoxy) is 4. The molecule has 6 nitrogen and oxygen atoms in total. The molecule has 0 aromatic heterocycles. The minimum atomic E-state index is -4.72. The molecular formula is C27H35F3N2O4. The quantitative estimate of drug-likeness (QED) is 0.205. The molecule has 198 valence electrons. The Morgan fingerprint density at radius 3 is 2.33 bits per heavy atom. The van der Waals surface area contributed by atoms with Gasteiger partial charge in [0.05, 0.1) is 31.1 Å². The summed E-state index contributed by atoms with van der Waals surface area (Å²) in [4.78, 5) is 3.65. The summed E-state index contributed by atoms with van der Waals surface area (Å²) in [5.41, 5.74) is 6.69. The van der Waals surface area contributed by atoms with Crippen LogP contribution in [0.15, 0.2) is 65.7 Å². The second-order valence-corrected chi connectivity index (χ2v) is 8.71. The Balaban J connectivity index is 1.55. The number of nitrogens with two attached hydrogens (primary N) is 1. The van der Waals surface area contributed by atoms with Crippen molar-refractivity contribution in [1.82, 2.24) is 0 Å². The van der Waals surface area contributed by atoms with Crippen LogP contribution in [0.1, 0.15) is 37.7 Å². The van der Waals surface area contributed by atoms with E-state index in [9.17, 15) is 13.2 Å². The Labute approximate surface area is 210 Å². The van der Waals surface area contributed by atoms with Crippen LogP contribution in [0, 0.1) is 0 Å². The van der Waals surface area contributed by atoms with Crippen molar-refractivity contribution in [3.8, 4) is 0 Å².